The topological polar surface area (TPSA) is 0 Å². The van der Waals surface area contributed by atoms with Crippen LogP contribution in [0.15, 0.2) is 36.0 Å². The maximum Gasteiger partial charge on any atom is 0.169 e. The van der Waals surface area contributed by atoms with Gasteiger partial charge in [-0.2, -0.15) is 0 Å². The quantitative estimate of drug-likeness (QED) is 0.459. The first-order valence-corrected chi connectivity index (χ1v) is 7.38. The van der Waals surface area contributed by atoms with Crippen molar-refractivity contribution in [1.29, 1.82) is 0 Å². The molecule has 0 bridgehead atoms. The highest BCUT2D eigenvalue weighted by atomic mass is 28.1. The van der Waals surface area contributed by atoms with Crippen molar-refractivity contribution in [2.75, 3.05) is 0 Å². The molecule has 91 valence electrons. The van der Waals surface area contributed by atoms with Gasteiger partial charge in [0.2, 0.25) is 0 Å². The monoisotopic (exact) mass is 243 g/mol. The van der Waals surface area contributed by atoms with Gasteiger partial charge in [-0.1, -0.05) is 43.7 Å². The zero-order valence-corrected chi connectivity index (χ0v) is 12.2. The van der Waals surface area contributed by atoms with E-state index in [1.807, 2.05) is 0 Å². The number of rotatable bonds is 7. The highest BCUT2D eigenvalue weighted by molar-refractivity contribution is 6.77. The second-order valence-electron chi connectivity index (χ2n) is 5.17. The molecule has 0 saturated carbocycles. The van der Waals surface area contributed by atoms with Crippen molar-refractivity contribution in [2.24, 2.45) is 5.92 Å². The molecule has 17 heavy (non-hydrogen) atoms. The lowest BCUT2D eigenvalue weighted by molar-refractivity contribution is 0.554. The molecule has 0 saturated heterocycles. The van der Waals surface area contributed by atoms with Gasteiger partial charge in [-0.3, -0.25) is 0 Å². The van der Waals surface area contributed by atoms with Crippen molar-refractivity contribution < 1.29 is 0 Å². The first-order chi connectivity index (χ1) is 8.22. The normalized spacial score (nSPS) is 20.6. The molecule has 0 fully saturated rings. The smallest absolute Gasteiger partial charge is 0.117 e. The maximum atomic E-state index is 3.89. The SMILES string of the molecule is C=CCB1CC(CC=C)CC(CCCC)=C1[Si]. The first-order valence-electron chi connectivity index (χ1n) is 6.88. The highest BCUT2D eigenvalue weighted by Gasteiger charge is 2.27. The van der Waals surface area contributed by atoms with Gasteiger partial charge in [0, 0.05) is 0 Å². The summed E-state index contributed by atoms with van der Waals surface area (Å²) in [5.74, 6) is 0.796. The van der Waals surface area contributed by atoms with Crippen LogP contribution in [0.25, 0.3) is 0 Å². The Bertz CT molecular complexity index is 293. The average molecular weight is 243 g/mol. The zero-order valence-electron chi connectivity index (χ0n) is 11.2. The number of hydrogen-bond donors (Lipinski definition) is 0. The summed E-state index contributed by atoms with van der Waals surface area (Å²) in [6, 6.07) is 0. The van der Waals surface area contributed by atoms with Crippen molar-refractivity contribution in [2.45, 2.75) is 51.7 Å². The van der Waals surface area contributed by atoms with E-state index in [9.17, 15) is 0 Å². The van der Waals surface area contributed by atoms with Crippen LogP contribution in [0.1, 0.15) is 39.0 Å². The van der Waals surface area contributed by atoms with Gasteiger partial charge in [-0.25, -0.2) is 0 Å². The maximum absolute atomic E-state index is 3.89. The Balaban J connectivity index is 2.75. The van der Waals surface area contributed by atoms with Crippen LogP contribution in [0.2, 0.25) is 12.6 Å². The predicted molar refractivity (Wildman–Crippen MR) is 80.8 cm³/mol. The molecule has 1 aliphatic rings. The Morgan fingerprint density at radius 2 is 2.18 bits per heavy atom. The summed E-state index contributed by atoms with van der Waals surface area (Å²) >= 11 is 0. The third-order valence-electron chi connectivity index (χ3n) is 3.73. The van der Waals surface area contributed by atoms with E-state index in [0.29, 0.717) is 6.71 Å². The van der Waals surface area contributed by atoms with Gasteiger partial charge in [-0.05, 0) is 31.6 Å². The van der Waals surface area contributed by atoms with Gasteiger partial charge in [0.15, 0.2) is 6.71 Å². The number of allylic oxidation sites excluding steroid dienone is 3. The molecule has 0 aromatic rings. The number of hydrogen-bond acceptors (Lipinski definition) is 0. The van der Waals surface area contributed by atoms with Crippen molar-refractivity contribution in [3.8, 4) is 0 Å². The largest absolute Gasteiger partial charge is 0.169 e. The van der Waals surface area contributed by atoms with E-state index in [1.54, 1.807) is 5.57 Å². The molecule has 0 aromatic heterocycles. The molecule has 0 aliphatic carbocycles. The Morgan fingerprint density at radius 1 is 1.41 bits per heavy atom. The molecule has 0 nitrogen and oxygen atoms in total. The minimum absolute atomic E-state index is 0.662. The van der Waals surface area contributed by atoms with Crippen molar-refractivity contribution >= 4 is 17.0 Å². The fraction of sp³-hybridized carbons (Fsp3) is 0.600. The van der Waals surface area contributed by atoms with Crippen LogP contribution in [-0.2, 0) is 0 Å². The Kier molecular flexibility index (Phi) is 6.64. The predicted octanol–water partition coefficient (Wildman–Crippen LogP) is 4.42. The average Bonchev–Trinajstić information content (AvgIpc) is 2.32. The van der Waals surface area contributed by atoms with Gasteiger partial charge in [0.05, 0.1) is 10.2 Å². The minimum Gasteiger partial charge on any atom is -0.117 e. The van der Waals surface area contributed by atoms with Crippen molar-refractivity contribution in [3.63, 3.8) is 0 Å². The standard InChI is InChI=1S/C15H24BSi/c1-4-7-9-14-11-13(8-5-2)12-16(10-6-3)15(14)17/h5-6,13H,2-4,7-12H2,1H3. The summed E-state index contributed by atoms with van der Waals surface area (Å²) in [5.41, 5.74) is 1.65. The van der Waals surface area contributed by atoms with Crippen LogP contribution in [0, 0.1) is 5.92 Å². The lowest BCUT2D eigenvalue weighted by Crippen LogP contribution is -2.27. The van der Waals surface area contributed by atoms with Crippen LogP contribution >= 0.6 is 0 Å². The molecule has 1 unspecified atom stereocenters. The lowest BCUT2D eigenvalue weighted by Gasteiger charge is -2.30. The fourth-order valence-corrected chi connectivity index (χ4v) is 3.27. The summed E-state index contributed by atoms with van der Waals surface area (Å²) in [6.45, 7) is 10.7. The molecule has 0 N–H and O–H groups in total. The molecule has 2 heteroatoms. The van der Waals surface area contributed by atoms with Crippen LogP contribution in [0.4, 0.5) is 0 Å². The highest BCUT2D eigenvalue weighted by Crippen LogP contribution is 2.34. The Morgan fingerprint density at radius 3 is 2.76 bits per heavy atom. The molecule has 0 aromatic carbocycles. The third kappa shape index (κ3) is 4.35. The van der Waals surface area contributed by atoms with E-state index in [0.717, 1.165) is 18.7 Å². The second-order valence-corrected chi connectivity index (χ2v) is 5.71. The molecule has 0 spiro atoms. The summed E-state index contributed by atoms with van der Waals surface area (Å²) in [6.07, 6.45) is 12.8. The molecule has 1 heterocycles. The van der Waals surface area contributed by atoms with E-state index < -0.39 is 0 Å². The first kappa shape index (κ1) is 14.6. The van der Waals surface area contributed by atoms with Gasteiger partial charge >= 0.3 is 0 Å². The summed E-state index contributed by atoms with van der Waals surface area (Å²) < 4.78 is 0. The van der Waals surface area contributed by atoms with Crippen LogP contribution in [0.3, 0.4) is 0 Å². The van der Waals surface area contributed by atoms with Gasteiger partial charge in [-0.15, -0.1) is 18.3 Å². The van der Waals surface area contributed by atoms with E-state index in [4.69, 9.17) is 0 Å². The lowest BCUT2D eigenvalue weighted by atomic mass is 9.39. The molecule has 1 aliphatic heterocycles. The summed E-state index contributed by atoms with van der Waals surface area (Å²) in [7, 11) is 3.89. The Hall–Kier alpha value is -0.498. The molecular weight excluding hydrogens is 219 g/mol. The third-order valence-corrected chi connectivity index (χ3v) is 4.49. The van der Waals surface area contributed by atoms with E-state index >= 15 is 0 Å². The molecular formula is C15H24BSi. The van der Waals surface area contributed by atoms with Crippen LogP contribution in [0.5, 0.6) is 0 Å². The van der Waals surface area contributed by atoms with E-state index in [2.05, 4.69) is 42.5 Å². The van der Waals surface area contributed by atoms with Crippen LogP contribution in [-0.4, -0.2) is 17.0 Å². The van der Waals surface area contributed by atoms with E-state index in [1.165, 1.54) is 37.1 Å². The van der Waals surface area contributed by atoms with Gasteiger partial charge in [0.25, 0.3) is 0 Å². The van der Waals surface area contributed by atoms with E-state index in [-0.39, 0.29) is 0 Å². The summed E-state index contributed by atoms with van der Waals surface area (Å²) in [4.78, 5) is 0. The molecule has 1 atom stereocenters. The number of unbranched alkanes of at least 4 members (excludes halogenated alkanes) is 1. The van der Waals surface area contributed by atoms with Crippen molar-refractivity contribution in [3.05, 3.63) is 36.0 Å². The van der Waals surface area contributed by atoms with Crippen LogP contribution < -0.4 is 0 Å². The minimum atomic E-state index is 0.662. The fourth-order valence-electron chi connectivity index (χ4n) is 2.81. The Labute approximate surface area is 111 Å². The van der Waals surface area contributed by atoms with Crippen molar-refractivity contribution in [1.82, 2.24) is 0 Å². The zero-order chi connectivity index (χ0) is 12.7. The molecule has 0 amide bonds. The van der Waals surface area contributed by atoms with Gasteiger partial charge < -0.3 is 0 Å². The van der Waals surface area contributed by atoms with Gasteiger partial charge in [0.1, 0.15) is 0 Å². The summed E-state index contributed by atoms with van der Waals surface area (Å²) in [5, 5.41) is 1.47. The second kappa shape index (κ2) is 7.76. The molecule has 1 rings (SSSR count). The molecule has 3 radical (unpaired) electrons.